The second-order valence-electron chi connectivity index (χ2n) is 9.95. The lowest BCUT2D eigenvalue weighted by atomic mass is 10.1. The first-order chi connectivity index (χ1) is 20.5. The lowest BCUT2D eigenvalue weighted by Gasteiger charge is -2.33. The van der Waals surface area contributed by atoms with Gasteiger partial charge in [-0.05, 0) is 87.5 Å². The van der Waals surface area contributed by atoms with E-state index in [2.05, 4.69) is 5.32 Å². The van der Waals surface area contributed by atoms with Crippen LogP contribution in [-0.2, 0) is 26.2 Å². The first kappa shape index (κ1) is 33.8. The molecule has 0 saturated heterocycles. The molecule has 232 valence electrons. The number of para-hydroxylation sites is 2. The van der Waals surface area contributed by atoms with Crippen LogP contribution >= 0.6 is 11.8 Å². The number of carbonyl (C=O) groups is 2. The maximum absolute atomic E-state index is 14.2. The predicted octanol–water partition coefficient (Wildman–Crippen LogP) is 5.34. The summed E-state index contributed by atoms with van der Waals surface area (Å²) >= 11 is 1.50. The normalized spacial score (nSPS) is 12.6. The second kappa shape index (κ2) is 15.7. The van der Waals surface area contributed by atoms with E-state index in [-0.39, 0.29) is 29.1 Å². The van der Waals surface area contributed by atoms with E-state index in [1.165, 1.54) is 28.8 Å². The van der Waals surface area contributed by atoms with E-state index >= 15 is 0 Å². The Morgan fingerprint density at radius 3 is 2.19 bits per heavy atom. The van der Waals surface area contributed by atoms with Crippen molar-refractivity contribution < 1.29 is 27.5 Å². The summed E-state index contributed by atoms with van der Waals surface area (Å²) in [6.45, 7) is 7.14. The van der Waals surface area contributed by atoms with Crippen molar-refractivity contribution in [3.63, 3.8) is 0 Å². The van der Waals surface area contributed by atoms with E-state index < -0.39 is 28.5 Å². The highest BCUT2D eigenvalue weighted by Crippen LogP contribution is 2.33. The minimum atomic E-state index is -4.22. The lowest BCUT2D eigenvalue weighted by molar-refractivity contribution is -0.139. The fourth-order valence-corrected chi connectivity index (χ4v) is 6.14. The Morgan fingerprint density at radius 2 is 1.60 bits per heavy atom. The van der Waals surface area contributed by atoms with Crippen LogP contribution in [0, 0.1) is 0 Å². The molecular weight excluding hydrogens is 587 g/mol. The van der Waals surface area contributed by atoms with Gasteiger partial charge < -0.3 is 19.7 Å². The average molecular weight is 628 g/mol. The average Bonchev–Trinajstić information content (AvgIpc) is 3.02. The number of hydrogen-bond donors (Lipinski definition) is 1. The molecule has 2 atom stereocenters. The van der Waals surface area contributed by atoms with Gasteiger partial charge >= 0.3 is 0 Å². The molecule has 43 heavy (non-hydrogen) atoms. The number of amides is 2. The van der Waals surface area contributed by atoms with Crippen molar-refractivity contribution in [2.24, 2.45) is 0 Å². The quantitative estimate of drug-likeness (QED) is 0.227. The largest absolute Gasteiger partial charge is 0.497 e. The molecular formula is C32H41N3O6S2. The SMILES string of the molecule is CCOc1ccccc1N(CC(=O)N(Cc1ccc(OC)cc1)[C@@H](C)C(=O)N[C@@H](C)CC)S(=O)(=O)c1ccc(SC)cc1. The predicted molar refractivity (Wildman–Crippen MR) is 171 cm³/mol. The molecule has 1 N–H and O–H groups in total. The van der Waals surface area contributed by atoms with Crippen LogP contribution < -0.4 is 19.1 Å². The zero-order valence-corrected chi connectivity index (χ0v) is 27.2. The van der Waals surface area contributed by atoms with Crippen LogP contribution in [0.1, 0.15) is 39.7 Å². The van der Waals surface area contributed by atoms with Crippen LogP contribution in [0.15, 0.2) is 82.6 Å². The Bertz CT molecular complexity index is 1460. The van der Waals surface area contributed by atoms with Gasteiger partial charge in [0.1, 0.15) is 24.1 Å². The zero-order chi connectivity index (χ0) is 31.6. The number of hydrogen-bond acceptors (Lipinski definition) is 7. The molecule has 2 amide bonds. The maximum atomic E-state index is 14.2. The van der Waals surface area contributed by atoms with Crippen LogP contribution in [0.4, 0.5) is 5.69 Å². The number of nitrogens with one attached hydrogen (secondary N) is 1. The molecule has 0 aliphatic rings. The molecule has 3 aromatic carbocycles. The lowest BCUT2D eigenvalue weighted by Crippen LogP contribution is -2.52. The van der Waals surface area contributed by atoms with Gasteiger partial charge in [-0.25, -0.2) is 8.42 Å². The van der Waals surface area contributed by atoms with Crippen LogP contribution in [0.3, 0.4) is 0 Å². The van der Waals surface area contributed by atoms with Gasteiger partial charge in [-0.3, -0.25) is 13.9 Å². The number of thioether (sulfide) groups is 1. The fourth-order valence-electron chi connectivity index (χ4n) is 4.30. The highest BCUT2D eigenvalue weighted by molar-refractivity contribution is 7.98. The number of carbonyl (C=O) groups excluding carboxylic acids is 2. The van der Waals surface area contributed by atoms with Crippen molar-refractivity contribution in [3.05, 3.63) is 78.4 Å². The Balaban J connectivity index is 2.07. The van der Waals surface area contributed by atoms with Crippen LogP contribution in [0.25, 0.3) is 0 Å². The smallest absolute Gasteiger partial charge is 0.264 e. The number of sulfonamides is 1. The molecule has 0 aliphatic heterocycles. The van der Waals surface area contributed by atoms with Crippen molar-refractivity contribution in [3.8, 4) is 11.5 Å². The Hall–Kier alpha value is -3.70. The van der Waals surface area contributed by atoms with Crippen LogP contribution in [0.5, 0.6) is 11.5 Å². The number of ether oxygens (including phenoxy) is 2. The molecule has 3 rings (SSSR count). The number of rotatable bonds is 15. The minimum absolute atomic E-state index is 0.0358. The summed E-state index contributed by atoms with van der Waals surface area (Å²) in [6, 6.07) is 19.4. The summed E-state index contributed by atoms with van der Waals surface area (Å²) in [5.74, 6) is 0.110. The van der Waals surface area contributed by atoms with E-state index in [1.54, 1.807) is 69.5 Å². The van der Waals surface area contributed by atoms with Crippen molar-refractivity contribution in [1.82, 2.24) is 10.2 Å². The molecule has 9 nitrogen and oxygen atoms in total. The fraction of sp³-hybridized carbons (Fsp3) is 0.375. The van der Waals surface area contributed by atoms with E-state index in [1.807, 2.05) is 32.2 Å². The van der Waals surface area contributed by atoms with Gasteiger partial charge in [0.2, 0.25) is 11.8 Å². The molecule has 0 radical (unpaired) electrons. The van der Waals surface area contributed by atoms with Gasteiger partial charge in [-0.1, -0.05) is 31.2 Å². The van der Waals surface area contributed by atoms with Crippen molar-refractivity contribution >= 4 is 39.3 Å². The third kappa shape index (κ3) is 8.67. The summed E-state index contributed by atoms with van der Waals surface area (Å²) < 4.78 is 40.4. The van der Waals surface area contributed by atoms with Crippen LogP contribution in [0.2, 0.25) is 0 Å². The summed E-state index contributed by atoms with van der Waals surface area (Å²) in [4.78, 5) is 29.8. The second-order valence-corrected chi connectivity index (χ2v) is 12.7. The first-order valence-corrected chi connectivity index (χ1v) is 16.8. The minimum Gasteiger partial charge on any atom is -0.497 e. The molecule has 0 saturated carbocycles. The van der Waals surface area contributed by atoms with Gasteiger partial charge in [0, 0.05) is 17.5 Å². The van der Waals surface area contributed by atoms with E-state index in [0.29, 0.717) is 18.1 Å². The number of anilines is 1. The third-order valence-electron chi connectivity index (χ3n) is 7.04. The number of benzene rings is 3. The number of nitrogens with zero attached hydrogens (tertiary/aromatic N) is 2. The molecule has 3 aromatic rings. The third-order valence-corrected chi connectivity index (χ3v) is 9.56. The Kier molecular flexibility index (Phi) is 12.3. The Labute approximate surface area is 259 Å². The zero-order valence-electron chi connectivity index (χ0n) is 25.6. The molecule has 11 heteroatoms. The van der Waals surface area contributed by atoms with Gasteiger partial charge in [0.15, 0.2) is 0 Å². The summed E-state index contributed by atoms with van der Waals surface area (Å²) in [6.07, 6.45) is 2.63. The summed E-state index contributed by atoms with van der Waals surface area (Å²) in [5.41, 5.74) is 0.988. The molecule has 0 spiro atoms. The van der Waals surface area contributed by atoms with Crippen molar-refractivity contribution in [2.45, 2.75) is 62.5 Å². The highest BCUT2D eigenvalue weighted by Gasteiger charge is 2.34. The van der Waals surface area contributed by atoms with Gasteiger partial charge in [0.05, 0.1) is 24.3 Å². The van der Waals surface area contributed by atoms with Gasteiger partial charge in [-0.2, -0.15) is 0 Å². The standard InChI is InChI=1S/C32H41N3O6S2/c1-7-23(3)33-32(37)24(4)34(21-25-13-15-26(40-5)16-14-25)31(36)22-35(29-11-9-10-12-30(29)41-8-2)43(38,39)28-19-17-27(42-6)18-20-28/h9-20,23-24H,7-8,21-22H2,1-6H3,(H,33,37)/t23-,24-/m0/s1. The highest BCUT2D eigenvalue weighted by atomic mass is 32.2. The van der Waals surface area contributed by atoms with Crippen molar-refractivity contribution in [2.75, 3.05) is 30.8 Å². The molecule has 0 unspecified atom stereocenters. The van der Waals surface area contributed by atoms with Crippen molar-refractivity contribution in [1.29, 1.82) is 0 Å². The number of methoxy groups -OCH3 is 1. The van der Waals surface area contributed by atoms with E-state index in [0.717, 1.165) is 21.2 Å². The van der Waals surface area contributed by atoms with Gasteiger partial charge in [0.25, 0.3) is 10.0 Å². The molecule has 0 heterocycles. The summed E-state index contributed by atoms with van der Waals surface area (Å²) in [5, 5.41) is 2.94. The summed E-state index contributed by atoms with van der Waals surface area (Å²) in [7, 11) is -2.65. The van der Waals surface area contributed by atoms with E-state index in [4.69, 9.17) is 9.47 Å². The van der Waals surface area contributed by atoms with Crippen LogP contribution in [-0.4, -0.2) is 63.7 Å². The molecule has 0 aromatic heterocycles. The van der Waals surface area contributed by atoms with Gasteiger partial charge in [-0.15, -0.1) is 11.8 Å². The Morgan fingerprint density at radius 1 is 0.953 bits per heavy atom. The first-order valence-electron chi connectivity index (χ1n) is 14.2. The van der Waals surface area contributed by atoms with E-state index in [9.17, 15) is 18.0 Å². The monoisotopic (exact) mass is 627 g/mol. The molecule has 0 aliphatic carbocycles. The molecule has 0 bridgehead atoms. The molecule has 0 fully saturated rings. The maximum Gasteiger partial charge on any atom is 0.264 e. The topological polar surface area (TPSA) is 105 Å².